The topological polar surface area (TPSA) is 89.5 Å². The van der Waals surface area contributed by atoms with Gasteiger partial charge in [-0.1, -0.05) is 11.6 Å². The van der Waals surface area contributed by atoms with Gasteiger partial charge in [0, 0.05) is 37.7 Å². The monoisotopic (exact) mass is 489 g/mol. The molecule has 1 aliphatic rings. The first kappa shape index (κ1) is 24.6. The highest BCUT2D eigenvalue weighted by molar-refractivity contribution is 6.32. The Hall–Kier alpha value is -2.55. The Bertz CT molecular complexity index is 1130. The molecule has 0 aliphatic carbocycles. The van der Waals surface area contributed by atoms with Gasteiger partial charge in [0.2, 0.25) is 6.20 Å². The first-order valence-corrected chi connectivity index (χ1v) is 12.3. The van der Waals surface area contributed by atoms with Crippen molar-refractivity contribution in [1.82, 2.24) is 4.57 Å². The minimum atomic E-state index is -0.0843. The van der Waals surface area contributed by atoms with Crippen molar-refractivity contribution in [3.8, 4) is 17.2 Å². The molecule has 4 rings (SSSR count). The molecule has 8 nitrogen and oxygen atoms in total. The van der Waals surface area contributed by atoms with Gasteiger partial charge in [-0.3, -0.25) is 0 Å². The number of imidazole rings is 1. The number of aryl methyl sites for hydroxylation is 2. The standard InChI is InChI=1S/C25H34ClN4O4/c1-3-29-22-12-21(26)24(34-8-4-7-28-16-19(31)11-20(17-28)32-2)13-23(22)30(25(29)14-27)15-18-5-9-33-10-6-18/h11-13,16-18H,3-10,14-15,27H2,1-2H3/q+1. The van der Waals surface area contributed by atoms with Crippen molar-refractivity contribution in [3.63, 3.8) is 0 Å². The fourth-order valence-corrected chi connectivity index (χ4v) is 4.92. The van der Waals surface area contributed by atoms with Crippen molar-refractivity contribution in [3.05, 3.63) is 41.4 Å². The van der Waals surface area contributed by atoms with Crippen molar-refractivity contribution < 1.29 is 28.5 Å². The second kappa shape index (κ2) is 11.3. The fraction of sp³-hybridized carbons (Fsp3) is 0.520. The Morgan fingerprint density at radius 2 is 2.03 bits per heavy atom. The first-order valence-electron chi connectivity index (χ1n) is 11.9. The maximum Gasteiger partial charge on any atom is 0.271 e. The average Bonchev–Trinajstić information content (AvgIpc) is 3.13. The lowest BCUT2D eigenvalue weighted by Crippen LogP contribution is -2.43. The molecule has 184 valence electrons. The van der Waals surface area contributed by atoms with Crippen molar-refractivity contribution in [2.24, 2.45) is 11.7 Å². The van der Waals surface area contributed by atoms with Gasteiger partial charge in [-0.15, -0.1) is 0 Å². The van der Waals surface area contributed by atoms with Crippen LogP contribution in [0.25, 0.3) is 11.0 Å². The Kier molecular flexibility index (Phi) is 8.13. The van der Waals surface area contributed by atoms with Crippen LogP contribution in [0.5, 0.6) is 17.2 Å². The number of aromatic nitrogens is 3. The highest BCUT2D eigenvalue weighted by Gasteiger charge is 2.28. The van der Waals surface area contributed by atoms with Gasteiger partial charge in [-0.2, -0.15) is 0 Å². The number of fused-ring (bicyclic) bond motifs is 1. The number of pyridine rings is 1. The largest absolute Gasteiger partial charge is 0.868 e. The molecule has 0 radical (unpaired) electrons. The molecule has 0 atom stereocenters. The number of nitrogens with zero attached hydrogens (tertiary/aromatic N) is 3. The maximum atomic E-state index is 11.8. The molecule has 0 saturated carbocycles. The van der Waals surface area contributed by atoms with Crippen LogP contribution < -0.4 is 29.4 Å². The normalized spacial score (nSPS) is 14.6. The van der Waals surface area contributed by atoms with Gasteiger partial charge in [0.1, 0.15) is 5.75 Å². The summed E-state index contributed by atoms with van der Waals surface area (Å²) in [5.41, 5.74) is 8.35. The van der Waals surface area contributed by atoms with Crippen LogP contribution in [0.2, 0.25) is 5.02 Å². The molecule has 0 amide bonds. The van der Waals surface area contributed by atoms with Gasteiger partial charge < -0.3 is 25.1 Å². The number of methoxy groups -OCH3 is 1. The quantitative estimate of drug-likeness (QED) is 0.349. The van der Waals surface area contributed by atoms with Gasteiger partial charge in [0.15, 0.2) is 29.5 Å². The zero-order chi connectivity index (χ0) is 24.1. The fourth-order valence-electron chi connectivity index (χ4n) is 4.71. The third-order valence-electron chi connectivity index (χ3n) is 6.44. The van der Waals surface area contributed by atoms with Crippen LogP contribution >= 0.6 is 11.6 Å². The molecule has 3 heterocycles. The second-order valence-electron chi connectivity index (χ2n) is 8.65. The minimum absolute atomic E-state index is 0.0843. The number of halogens is 1. The molecule has 9 heteroatoms. The van der Waals surface area contributed by atoms with E-state index in [2.05, 4.69) is 16.1 Å². The van der Waals surface area contributed by atoms with E-state index in [1.807, 2.05) is 22.9 Å². The van der Waals surface area contributed by atoms with Crippen molar-refractivity contribution in [2.45, 2.75) is 52.4 Å². The molecule has 0 unspecified atom stereocenters. The summed E-state index contributed by atoms with van der Waals surface area (Å²) < 4.78 is 23.2. The first-order chi connectivity index (χ1) is 16.5. The summed E-state index contributed by atoms with van der Waals surface area (Å²) in [6.07, 6.45) is 6.20. The van der Waals surface area contributed by atoms with E-state index < -0.39 is 0 Å². The maximum absolute atomic E-state index is 11.8. The Morgan fingerprint density at radius 3 is 2.74 bits per heavy atom. The van der Waals surface area contributed by atoms with Crippen LogP contribution in [-0.2, 0) is 30.9 Å². The summed E-state index contributed by atoms with van der Waals surface area (Å²) >= 11 is 6.63. The van der Waals surface area contributed by atoms with E-state index in [1.165, 1.54) is 6.07 Å². The second-order valence-corrected chi connectivity index (χ2v) is 9.06. The number of hydrogen-bond donors (Lipinski definition) is 1. The Balaban J connectivity index is 1.53. The summed E-state index contributed by atoms with van der Waals surface area (Å²) in [5.74, 6) is 2.78. The van der Waals surface area contributed by atoms with E-state index >= 15 is 0 Å². The lowest BCUT2D eigenvalue weighted by Gasteiger charge is -2.21. The van der Waals surface area contributed by atoms with Gasteiger partial charge in [0.25, 0.3) is 5.82 Å². The molecule has 0 spiro atoms. The molecule has 1 aliphatic heterocycles. The molecule has 1 saturated heterocycles. The van der Waals surface area contributed by atoms with Gasteiger partial charge in [-0.05, 0) is 31.6 Å². The smallest absolute Gasteiger partial charge is 0.271 e. The van der Waals surface area contributed by atoms with Gasteiger partial charge in [0.05, 0.1) is 38.4 Å². The van der Waals surface area contributed by atoms with E-state index in [4.69, 9.17) is 31.5 Å². The van der Waals surface area contributed by atoms with E-state index in [0.29, 0.717) is 42.1 Å². The molecule has 0 bridgehead atoms. The molecular weight excluding hydrogens is 456 g/mol. The van der Waals surface area contributed by atoms with Crippen molar-refractivity contribution >= 4 is 22.6 Å². The highest BCUT2D eigenvalue weighted by atomic mass is 35.5. The van der Waals surface area contributed by atoms with E-state index in [-0.39, 0.29) is 5.75 Å². The molecule has 34 heavy (non-hydrogen) atoms. The summed E-state index contributed by atoms with van der Waals surface area (Å²) in [7, 11) is 1.55. The molecule has 1 fully saturated rings. The van der Waals surface area contributed by atoms with Crippen LogP contribution in [0.1, 0.15) is 32.0 Å². The predicted molar refractivity (Wildman–Crippen MR) is 127 cm³/mol. The number of benzene rings is 1. The number of rotatable bonds is 10. The summed E-state index contributed by atoms with van der Waals surface area (Å²) in [4.78, 5) is 0. The van der Waals surface area contributed by atoms with E-state index in [0.717, 1.165) is 62.4 Å². The number of nitrogens with two attached hydrogens (primary N) is 1. The van der Waals surface area contributed by atoms with Gasteiger partial charge in [-0.25, -0.2) is 13.7 Å². The predicted octanol–water partition coefficient (Wildman–Crippen LogP) is 2.33. The van der Waals surface area contributed by atoms with Crippen molar-refractivity contribution in [1.29, 1.82) is 0 Å². The Morgan fingerprint density at radius 1 is 1.24 bits per heavy atom. The van der Waals surface area contributed by atoms with Crippen molar-refractivity contribution in [2.75, 3.05) is 26.9 Å². The highest BCUT2D eigenvalue weighted by Crippen LogP contribution is 2.31. The Labute approximate surface area is 205 Å². The zero-order valence-electron chi connectivity index (χ0n) is 20.0. The van der Waals surface area contributed by atoms with E-state index in [9.17, 15) is 5.11 Å². The van der Waals surface area contributed by atoms with Gasteiger partial charge >= 0.3 is 0 Å². The summed E-state index contributed by atoms with van der Waals surface area (Å²) in [6, 6.07) is 5.49. The van der Waals surface area contributed by atoms with Crippen LogP contribution in [0.3, 0.4) is 0 Å². The third kappa shape index (κ3) is 5.40. The van der Waals surface area contributed by atoms with Crippen LogP contribution in [-0.4, -0.2) is 31.5 Å². The summed E-state index contributed by atoms with van der Waals surface area (Å²) in [5, 5.41) is 12.4. The molecular formula is C25H34ClN4O4+. The minimum Gasteiger partial charge on any atom is -0.868 e. The number of hydrogen-bond acceptors (Lipinski definition) is 5. The molecule has 2 aromatic heterocycles. The van der Waals surface area contributed by atoms with E-state index in [1.54, 1.807) is 13.3 Å². The third-order valence-corrected chi connectivity index (χ3v) is 6.73. The van der Waals surface area contributed by atoms with Crippen LogP contribution in [0.15, 0.2) is 30.6 Å². The lowest BCUT2D eigenvalue weighted by molar-refractivity contribution is -0.699. The summed E-state index contributed by atoms with van der Waals surface area (Å²) in [6.45, 7) is 7.05. The average molecular weight is 490 g/mol. The lowest BCUT2D eigenvalue weighted by atomic mass is 10.0. The number of ether oxygens (including phenoxy) is 3. The molecule has 3 aromatic rings. The molecule has 2 N–H and O–H groups in total. The zero-order valence-corrected chi connectivity index (χ0v) is 20.7. The molecule has 1 aromatic carbocycles. The van der Waals surface area contributed by atoms with Crippen LogP contribution in [0, 0.1) is 5.92 Å². The SMILES string of the molecule is CCn1c(CN)[n+](CC2CCOCC2)c2cc(OCCC[n+]3cc([O-])cc(OC)c3)c(Cl)cc21. The van der Waals surface area contributed by atoms with Crippen LogP contribution in [0.4, 0.5) is 0 Å².